The Morgan fingerprint density at radius 2 is 1.00 bits per heavy atom. The van der Waals surface area contributed by atoms with Crippen molar-refractivity contribution in [2.45, 2.75) is 0 Å². The van der Waals surface area contributed by atoms with Crippen LogP contribution in [0.4, 0.5) is 0 Å². The maximum Gasteiger partial charge on any atom is 0.178 e. The topological polar surface area (TPSA) is 77.3 Å². The lowest BCUT2D eigenvalue weighted by Gasteiger charge is -2.10. The highest BCUT2D eigenvalue weighted by Gasteiger charge is 2.11. The molecule has 5 aromatic carbocycles. The first-order valence-corrected chi connectivity index (χ1v) is 16.5. The van der Waals surface area contributed by atoms with Crippen molar-refractivity contribution in [1.82, 2.24) is 29.9 Å². The molecule has 5 aromatic heterocycles. The monoisotopic (exact) mass is 638 g/mol. The minimum atomic E-state index is 0.626. The van der Waals surface area contributed by atoms with Crippen LogP contribution in [0.1, 0.15) is 0 Å². The van der Waals surface area contributed by atoms with Crippen LogP contribution in [0, 0.1) is 0 Å². The molecule has 10 aromatic rings. The first-order valence-electron chi connectivity index (χ1n) is 16.5. The zero-order valence-electron chi connectivity index (χ0n) is 26.7. The van der Waals surface area contributed by atoms with Gasteiger partial charge < -0.3 is 0 Å². The van der Waals surface area contributed by atoms with Gasteiger partial charge in [-0.2, -0.15) is 0 Å². The van der Waals surface area contributed by atoms with Crippen molar-refractivity contribution in [3.63, 3.8) is 0 Å². The highest BCUT2D eigenvalue weighted by Crippen LogP contribution is 2.33. The highest BCUT2D eigenvalue weighted by atomic mass is 14.9. The third kappa shape index (κ3) is 4.81. The fraction of sp³-hybridized carbons (Fsp3) is 0. The van der Waals surface area contributed by atoms with E-state index in [0.717, 1.165) is 93.7 Å². The molecule has 0 saturated heterocycles. The Bertz CT molecular complexity index is 2940. The van der Waals surface area contributed by atoms with E-state index in [9.17, 15) is 0 Å². The summed E-state index contributed by atoms with van der Waals surface area (Å²) in [7, 11) is 0. The summed E-state index contributed by atoms with van der Waals surface area (Å²) in [5, 5.41) is 5.35. The van der Waals surface area contributed by atoms with Gasteiger partial charge in [-0.1, -0.05) is 84.9 Å². The van der Waals surface area contributed by atoms with Gasteiger partial charge in [0, 0.05) is 51.1 Å². The summed E-state index contributed by atoms with van der Waals surface area (Å²) < 4.78 is 0. The van der Waals surface area contributed by atoms with Crippen LogP contribution in [0.2, 0.25) is 0 Å². The third-order valence-corrected chi connectivity index (χ3v) is 9.40. The quantitative estimate of drug-likeness (QED) is 0.179. The molecule has 0 N–H and O–H groups in total. The molecule has 10 rings (SSSR count). The molecule has 0 radical (unpaired) electrons. The molecule has 0 aliphatic heterocycles. The predicted octanol–water partition coefficient (Wildman–Crippen LogP) is 10.5. The molecule has 0 atom stereocenters. The number of hydrogen-bond acceptors (Lipinski definition) is 6. The van der Waals surface area contributed by atoms with Gasteiger partial charge in [0.05, 0.1) is 33.3 Å². The van der Waals surface area contributed by atoms with Crippen LogP contribution < -0.4 is 0 Å². The molecule has 6 heteroatoms. The number of nitrogens with zero attached hydrogens (tertiary/aromatic N) is 6. The van der Waals surface area contributed by atoms with E-state index in [1.54, 1.807) is 0 Å². The number of aromatic nitrogens is 6. The number of hydrogen-bond donors (Lipinski definition) is 0. The van der Waals surface area contributed by atoms with E-state index in [0.29, 0.717) is 5.82 Å². The van der Waals surface area contributed by atoms with Crippen LogP contribution in [-0.4, -0.2) is 29.9 Å². The first kappa shape index (κ1) is 28.1. The lowest BCUT2D eigenvalue weighted by molar-refractivity contribution is 1.19. The van der Waals surface area contributed by atoms with Crippen molar-refractivity contribution >= 4 is 54.5 Å². The second-order valence-electron chi connectivity index (χ2n) is 12.4. The molecule has 0 aliphatic rings. The van der Waals surface area contributed by atoms with Crippen LogP contribution >= 0.6 is 0 Å². The van der Waals surface area contributed by atoms with E-state index < -0.39 is 0 Å². The summed E-state index contributed by atoms with van der Waals surface area (Å²) in [5.41, 5.74) is 11.9. The van der Waals surface area contributed by atoms with Gasteiger partial charge in [-0.3, -0.25) is 9.97 Å². The van der Waals surface area contributed by atoms with Gasteiger partial charge in [-0.05, 0) is 76.9 Å². The Morgan fingerprint density at radius 1 is 0.360 bits per heavy atom. The van der Waals surface area contributed by atoms with E-state index in [1.165, 1.54) is 0 Å². The molecule has 0 fully saturated rings. The fourth-order valence-electron chi connectivity index (χ4n) is 6.82. The molecule has 5 heterocycles. The Balaban J connectivity index is 0.926. The van der Waals surface area contributed by atoms with E-state index >= 15 is 0 Å². The smallest absolute Gasteiger partial charge is 0.178 e. The molecule has 0 spiro atoms. The minimum Gasteiger partial charge on any atom is -0.254 e. The number of pyridine rings is 4. The molecule has 0 aliphatic carbocycles. The zero-order valence-corrected chi connectivity index (χ0v) is 26.7. The van der Waals surface area contributed by atoms with Crippen LogP contribution in [0.25, 0.3) is 99.5 Å². The summed E-state index contributed by atoms with van der Waals surface area (Å²) in [5.74, 6) is 0.626. The molecular formula is C44H26N6. The van der Waals surface area contributed by atoms with E-state index in [1.807, 2.05) is 55.0 Å². The second kappa shape index (κ2) is 11.4. The van der Waals surface area contributed by atoms with Crippen LogP contribution in [0.5, 0.6) is 0 Å². The molecule has 0 amide bonds. The number of fused-ring (bicyclic) bond motifs is 6. The maximum atomic E-state index is 5.03. The average Bonchev–Trinajstić information content (AvgIpc) is 3.19. The summed E-state index contributed by atoms with van der Waals surface area (Å²) in [4.78, 5) is 28.5. The molecule has 6 nitrogen and oxygen atoms in total. The van der Waals surface area contributed by atoms with E-state index in [2.05, 4.69) is 118 Å². The summed E-state index contributed by atoms with van der Waals surface area (Å²) in [6, 6.07) is 48.1. The van der Waals surface area contributed by atoms with Gasteiger partial charge in [-0.15, -0.1) is 0 Å². The summed E-state index contributed by atoms with van der Waals surface area (Å²) in [6.45, 7) is 0. The largest absolute Gasteiger partial charge is 0.254 e. The third-order valence-electron chi connectivity index (χ3n) is 9.40. The van der Waals surface area contributed by atoms with Crippen molar-refractivity contribution in [3.05, 3.63) is 158 Å². The molecule has 50 heavy (non-hydrogen) atoms. The van der Waals surface area contributed by atoms with E-state index in [4.69, 9.17) is 15.0 Å². The first-order chi connectivity index (χ1) is 24.7. The van der Waals surface area contributed by atoms with Crippen LogP contribution in [-0.2, 0) is 0 Å². The minimum absolute atomic E-state index is 0.626. The molecule has 0 saturated carbocycles. The lowest BCUT2D eigenvalue weighted by atomic mass is 9.98. The normalized spacial score (nSPS) is 11.6. The van der Waals surface area contributed by atoms with Crippen molar-refractivity contribution in [2.24, 2.45) is 0 Å². The van der Waals surface area contributed by atoms with Crippen LogP contribution in [0.15, 0.2) is 158 Å². The Morgan fingerprint density at radius 3 is 1.82 bits per heavy atom. The van der Waals surface area contributed by atoms with E-state index in [-0.39, 0.29) is 0 Å². The van der Waals surface area contributed by atoms with Gasteiger partial charge in [0.1, 0.15) is 5.69 Å². The molecule has 0 unspecified atom stereocenters. The van der Waals surface area contributed by atoms with Crippen molar-refractivity contribution < 1.29 is 0 Å². The van der Waals surface area contributed by atoms with Gasteiger partial charge >= 0.3 is 0 Å². The summed E-state index contributed by atoms with van der Waals surface area (Å²) in [6.07, 6.45) is 5.54. The lowest BCUT2D eigenvalue weighted by Crippen LogP contribution is -1.93. The SMILES string of the molecule is c1ccc2nc(-c3ccc4cc(-c5ccc6nc(-c7ccc(-c8ccnc9c8ccc8cccnc89)cc7)ccc6c5)ccc4n3)ncc2c1. The molecule has 232 valence electrons. The summed E-state index contributed by atoms with van der Waals surface area (Å²) >= 11 is 0. The average molecular weight is 639 g/mol. The van der Waals surface area contributed by atoms with Gasteiger partial charge in [-0.25, -0.2) is 19.9 Å². The van der Waals surface area contributed by atoms with Crippen LogP contribution in [0.3, 0.4) is 0 Å². The number of rotatable bonds is 4. The van der Waals surface area contributed by atoms with Gasteiger partial charge in [0.2, 0.25) is 0 Å². The molecule has 0 bridgehead atoms. The van der Waals surface area contributed by atoms with Gasteiger partial charge in [0.15, 0.2) is 5.82 Å². The Labute approximate surface area is 286 Å². The predicted molar refractivity (Wildman–Crippen MR) is 202 cm³/mol. The standard InChI is InChI=1S/C44H26N6/c1-2-6-37-34(4-1)26-47-44(50-37)41-20-15-33-25-31(13-18-40(33)49-41)30-12-17-39-32(24-30)14-19-38(48-39)28-9-7-27(8-10-28)35-21-23-46-43-36(35)16-11-29-5-3-22-45-42(29)43/h1-26H. The number of para-hydroxylation sites is 1. The Hall–Kier alpha value is -6.92. The van der Waals surface area contributed by atoms with Crippen molar-refractivity contribution in [2.75, 3.05) is 0 Å². The van der Waals surface area contributed by atoms with Crippen molar-refractivity contribution in [1.29, 1.82) is 0 Å². The fourth-order valence-corrected chi connectivity index (χ4v) is 6.82. The zero-order chi connectivity index (χ0) is 33.0. The maximum absolute atomic E-state index is 5.03. The highest BCUT2D eigenvalue weighted by molar-refractivity contribution is 6.08. The number of benzene rings is 5. The molecular weight excluding hydrogens is 613 g/mol. The Kier molecular flexibility index (Phi) is 6.39. The van der Waals surface area contributed by atoms with Gasteiger partial charge in [0.25, 0.3) is 0 Å². The second-order valence-corrected chi connectivity index (χ2v) is 12.4. The van der Waals surface area contributed by atoms with Crippen molar-refractivity contribution in [3.8, 4) is 45.0 Å².